The Kier molecular flexibility index (Phi) is 6.13. The van der Waals surface area contributed by atoms with Gasteiger partial charge in [0.05, 0.1) is 26.0 Å². The van der Waals surface area contributed by atoms with E-state index in [1.165, 1.54) is 31.0 Å². The van der Waals surface area contributed by atoms with Crippen LogP contribution in [-0.4, -0.2) is 41.6 Å². The third kappa shape index (κ3) is 4.55. The van der Waals surface area contributed by atoms with Gasteiger partial charge >= 0.3 is 0 Å². The minimum atomic E-state index is -0.927. The van der Waals surface area contributed by atoms with Crippen molar-refractivity contribution in [3.8, 4) is 22.8 Å². The summed E-state index contributed by atoms with van der Waals surface area (Å²) in [5, 5.41) is 17.4. The van der Waals surface area contributed by atoms with Gasteiger partial charge in [0.1, 0.15) is 11.5 Å². The lowest BCUT2D eigenvalue weighted by Gasteiger charge is -2.15. The Morgan fingerprint density at radius 1 is 1.14 bits per heavy atom. The molecule has 3 aromatic rings. The molecule has 8 heteroatoms. The Morgan fingerprint density at radius 3 is 2.48 bits per heavy atom. The van der Waals surface area contributed by atoms with Gasteiger partial charge in [-0.15, -0.1) is 0 Å². The molecule has 0 saturated heterocycles. The summed E-state index contributed by atoms with van der Waals surface area (Å²) in [6.45, 7) is 0.00534. The number of hydrogen-bond acceptors (Lipinski definition) is 5. The molecule has 1 unspecified atom stereocenters. The normalized spacial score (nSPS) is 11.8. The zero-order valence-electron chi connectivity index (χ0n) is 16.3. The average molecular weight is 399 g/mol. The second-order valence-corrected chi connectivity index (χ2v) is 6.39. The molecule has 2 aromatic carbocycles. The highest BCUT2D eigenvalue weighted by molar-refractivity contribution is 5.93. The first-order valence-electron chi connectivity index (χ1n) is 8.91. The van der Waals surface area contributed by atoms with E-state index < -0.39 is 6.10 Å². The quantitative estimate of drug-likeness (QED) is 0.638. The number of nitrogens with one attached hydrogen (secondary N) is 1. The summed E-state index contributed by atoms with van der Waals surface area (Å²) in [5.74, 6) is 0.321. The number of aliphatic hydroxyl groups excluding tert-OH is 1. The van der Waals surface area contributed by atoms with Crippen molar-refractivity contribution >= 4 is 5.91 Å². The highest BCUT2D eigenvalue weighted by Crippen LogP contribution is 2.29. The molecule has 0 bridgehead atoms. The maximum Gasteiger partial charge on any atom is 0.269 e. The lowest BCUT2D eigenvalue weighted by atomic mass is 10.1. The molecular formula is C21H22FN3O4. The fourth-order valence-corrected chi connectivity index (χ4v) is 2.90. The molecule has 0 fully saturated rings. The minimum absolute atomic E-state index is 0.00534. The Labute approximate surface area is 167 Å². The first-order valence-corrected chi connectivity index (χ1v) is 8.91. The largest absolute Gasteiger partial charge is 0.493 e. The third-order valence-corrected chi connectivity index (χ3v) is 4.50. The van der Waals surface area contributed by atoms with Crippen molar-refractivity contribution in [3.05, 3.63) is 65.6 Å². The lowest BCUT2D eigenvalue weighted by molar-refractivity contribution is 0.0907. The molecule has 0 aliphatic rings. The molecule has 0 radical (unpaired) electrons. The second-order valence-electron chi connectivity index (χ2n) is 6.39. The Morgan fingerprint density at radius 2 is 1.83 bits per heavy atom. The zero-order valence-corrected chi connectivity index (χ0v) is 16.3. The molecule has 2 N–H and O–H groups in total. The summed E-state index contributed by atoms with van der Waals surface area (Å²) < 4.78 is 24.9. The van der Waals surface area contributed by atoms with Gasteiger partial charge in [-0.05, 0) is 48.0 Å². The Bertz CT molecular complexity index is 1000. The summed E-state index contributed by atoms with van der Waals surface area (Å²) in [5.41, 5.74) is 2.16. The molecule has 1 amide bonds. The molecule has 1 aromatic heterocycles. The molecule has 29 heavy (non-hydrogen) atoms. The van der Waals surface area contributed by atoms with Gasteiger partial charge in [0.25, 0.3) is 5.91 Å². The van der Waals surface area contributed by atoms with E-state index in [0.717, 1.165) is 0 Å². The van der Waals surface area contributed by atoms with Gasteiger partial charge < -0.3 is 19.9 Å². The smallest absolute Gasteiger partial charge is 0.269 e. The van der Waals surface area contributed by atoms with Crippen LogP contribution in [0.1, 0.15) is 22.2 Å². The maximum atomic E-state index is 13.1. The van der Waals surface area contributed by atoms with Crippen molar-refractivity contribution in [3.63, 3.8) is 0 Å². The molecule has 0 aliphatic carbocycles. The number of nitrogens with zero attached hydrogens (tertiary/aromatic N) is 2. The number of amides is 1. The molecular weight excluding hydrogens is 377 g/mol. The van der Waals surface area contributed by atoms with Crippen molar-refractivity contribution in [1.82, 2.24) is 15.1 Å². The van der Waals surface area contributed by atoms with Crippen molar-refractivity contribution in [2.24, 2.45) is 7.05 Å². The van der Waals surface area contributed by atoms with E-state index in [4.69, 9.17) is 9.47 Å². The highest BCUT2D eigenvalue weighted by atomic mass is 19.1. The summed E-state index contributed by atoms with van der Waals surface area (Å²) in [6.07, 6.45) is -0.927. The highest BCUT2D eigenvalue weighted by Gasteiger charge is 2.17. The van der Waals surface area contributed by atoms with E-state index in [1.807, 2.05) is 0 Å². The van der Waals surface area contributed by atoms with Crippen molar-refractivity contribution in [1.29, 1.82) is 0 Å². The number of aliphatic hydroxyl groups is 1. The molecule has 1 heterocycles. The standard InChI is InChI=1S/C21H22FN3O4/c1-25-17(11-16(24-25)13-4-7-15(22)8-5-13)21(27)23-12-18(26)14-6-9-19(28-2)20(10-14)29-3/h4-11,18,26H,12H2,1-3H3,(H,23,27). The van der Waals surface area contributed by atoms with Gasteiger partial charge in [-0.2, -0.15) is 5.10 Å². The van der Waals surface area contributed by atoms with Crippen LogP contribution in [0.5, 0.6) is 11.5 Å². The lowest BCUT2D eigenvalue weighted by Crippen LogP contribution is -2.29. The van der Waals surface area contributed by atoms with Crippen molar-refractivity contribution < 1.29 is 23.8 Å². The van der Waals surface area contributed by atoms with E-state index >= 15 is 0 Å². The number of ether oxygens (including phenoxy) is 2. The predicted octanol–water partition coefficient (Wildman–Crippen LogP) is 2.71. The number of methoxy groups -OCH3 is 2. The number of aromatic nitrogens is 2. The molecule has 3 rings (SSSR count). The van der Waals surface area contributed by atoms with E-state index in [2.05, 4.69) is 10.4 Å². The van der Waals surface area contributed by atoms with Crippen LogP contribution in [0.2, 0.25) is 0 Å². The van der Waals surface area contributed by atoms with Crippen LogP contribution in [0.4, 0.5) is 4.39 Å². The number of aryl methyl sites for hydroxylation is 1. The number of rotatable bonds is 7. The van der Waals surface area contributed by atoms with Crippen LogP contribution in [0.25, 0.3) is 11.3 Å². The maximum absolute atomic E-state index is 13.1. The molecule has 0 spiro atoms. The molecule has 1 atom stereocenters. The van der Waals surface area contributed by atoms with Gasteiger partial charge in [-0.3, -0.25) is 9.48 Å². The van der Waals surface area contributed by atoms with Crippen molar-refractivity contribution in [2.45, 2.75) is 6.10 Å². The zero-order chi connectivity index (χ0) is 21.0. The molecule has 0 aliphatic heterocycles. The van der Waals surface area contributed by atoms with E-state index in [9.17, 15) is 14.3 Å². The number of carbonyl (C=O) groups is 1. The Hall–Kier alpha value is -3.39. The van der Waals surface area contributed by atoms with Crippen LogP contribution >= 0.6 is 0 Å². The van der Waals surface area contributed by atoms with E-state index in [1.54, 1.807) is 43.4 Å². The van der Waals surface area contributed by atoms with Crippen LogP contribution < -0.4 is 14.8 Å². The first kappa shape index (κ1) is 20.3. The van der Waals surface area contributed by atoms with Crippen LogP contribution in [0.3, 0.4) is 0 Å². The minimum Gasteiger partial charge on any atom is -0.493 e. The number of carbonyl (C=O) groups excluding carboxylic acids is 1. The van der Waals surface area contributed by atoms with Gasteiger partial charge in [0.15, 0.2) is 11.5 Å². The van der Waals surface area contributed by atoms with E-state index in [0.29, 0.717) is 34.0 Å². The van der Waals surface area contributed by atoms with Crippen molar-refractivity contribution in [2.75, 3.05) is 20.8 Å². The number of benzene rings is 2. The van der Waals surface area contributed by atoms with Gasteiger partial charge in [-0.25, -0.2) is 4.39 Å². The summed E-state index contributed by atoms with van der Waals surface area (Å²) in [4.78, 5) is 12.5. The Balaban J connectivity index is 1.68. The van der Waals surface area contributed by atoms with E-state index in [-0.39, 0.29) is 18.3 Å². The van der Waals surface area contributed by atoms with Gasteiger partial charge in [-0.1, -0.05) is 6.07 Å². The monoisotopic (exact) mass is 399 g/mol. The SMILES string of the molecule is COc1ccc(C(O)CNC(=O)c2cc(-c3ccc(F)cc3)nn2C)cc1OC. The van der Waals surface area contributed by atoms with Crippen LogP contribution in [-0.2, 0) is 7.05 Å². The van der Waals surface area contributed by atoms with Gasteiger partial charge in [0.2, 0.25) is 0 Å². The van der Waals surface area contributed by atoms with Gasteiger partial charge in [0, 0.05) is 19.2 Å². The summed E-state index contributed by atoms with van der Waals surface area (Å²) in [7, 11) is 4.69. The predicted molar refractivity (Wildman–Crippen MR) is 105 cm³/mol. The average Bonchev–Trinajstić information content (AvgIpc) is 3.13. The van der Waals surface area contributed by atoms with Crippen LogP contribution in [0.15, 0.2) is 48.5 Å². The fourth-order valence-electron chi connectivity index (χ4n) is 2.90. The molecule has 0 saturated carbocycles. The fraction of sp³-hybridized carbons (Fsp3) is 0.238. The number of hydrogen-bond donors (Lipinski definition) is 2. The topological polar surface area (TPSA) is 85.6 Å². The van der Waals surface area contributed by atoms with Crippen LogP contribution in [0, 0.1) is 5.82 Å². The summed E-state index contributed by atoms with van der Waals surface area (Å²) >= 11 is 0. The third-order valence-electron chi connectivity index (χ3n) is 4.50. The number of halogens is 1. The first-order chi connectivity index (χ1) is 13.9. The second kappa shape index (κ2) is 8.74. The molecule has 7 nitrogen and oxygen atoms in total. The summed E-state index contributed by atoms with van der Waals surface area (Å²) in [6, 6.07) is 12.5. The molecule has 152 valence electrons.